The molecule has 1 heterocycles. The normalized spacial score (nSPS) is 10.5. The fourth-order valence-corrected chi connectivity index (χ4v) is 2.12. The Hall–Kier alpha value is -2.67. The van der Waals surface area contributed by atoms with Crippen molar-refractivity contribution in [3.8, 4) is 0 Å². The fourth-order valence-electron chi connectivity index (χ4n) is 2.12. The maximum absolute atomic E-state index is 11.6. The molecular weight excluding hydrogens is 306 g/mol. The number of hydrogen-bond donors (Lipinski definition) is 2. The van der Waals surface area contributed by atoms with Crippen molar-refractivity contribution in [2.75, 3.05) is 44.9 Å². The number of benzene rings is 1. The first-order chi connectivity index (χ1) is 11.6. The van der Waals surface area contributed by atoms with E-state index >= 15 is 0 Å². The van der Waals surface area contributed by atoms with Gasteiger partial charge in [0.15, 0.2) is 0 Å². The maximum atomic E-state index is 11.6. The van der Waals surface area contributed by atoms with Crippen LogP contribution in [0.5, 0.6) is 0 Å². The Morgan fingerprint density at radius 2 is 2.00 bits per heavy atom. The molecule has 24 heavy (non-hydrogen) atoms. The Morgan fingerprint density at radius 1 is 1.21 bits per heavy atom. The van der Waals surface area contributed by atoms with Crippen molar-refractivity contribution in [1.82, 2.24) is 14.9 Å². The Balaban J connectivity index is 1.98. The van der Waals surface area contributed by atoms with Crippen molar-refractivity contribution in [1.29, 1.82) is 0 Å². The molecule has 0 atom stereocenters. The molecule has 0 aliphatic heterocycles. The van der Waals surface area contributed by atoms with Gasteiger partial charge in [-0.25, -0.2) is 14.8 Å². The van der Waals surface area contributed by atoms with E-state index in [2.05, 4.69) is 39.6 Å². The van der Waals surface area contributed by atoms with Crippen molar-refractivity contribution < 1.29 is 9.53 Å². The van der Waals surface area contributed by atoms with Gasteiger partial charge in [-0.1, -0.05) is 6.07 Å². The molecule has 2 N–H and O–H groups in total. The number of esters is 1. The summed E-state index contributed by atoms with van der Waals surface area (Å²) in [6.45, 7) is 1.86. The summed E-state index contributed by atoms with van der Waals surface area (Å²) in [7, 11) is 5.46. The standard InChI is InChI=1S/C17H23N5O2/c1-22(2)9-5-8-18-15-11-16(20-12-19-15)21-14-7-4-6-13(10-14)17(23)24-3/h4,6-7,10-12H,5,8-9H2,1-3H3,(H2,18,19,20,21). The monoisotopic (exact) mass is 329 g/mol. The van der Waals surface area contributed by atoms with E-state index in [0.29, 0.717) is 11.4 Å². The molecule has 0 fully saturated rings. The molecule has 1 aromatic carbocycles. The second-order valence-corrected chi connectivity index (χ2v) is 5.57. The minimum absolute atomic E-state index is 0.371. The fraction of sp³-hybridized carbons (Fsp3) is 0.353. The summed E-state index contributed by atoms with van der Waals surface area (Å²) < 4.78 is 4.73. The Kier molecular flexibility index (Phi) is 6.51. The minimum Gasteiger partial charge on any atom is -0.465 e. The number of carbonyl (C=O) groups is 1. The zero-order chi connectivity index (χ0) is 17.4. The summed E-state index contributed by atoms with van der Waals surface area (Å²) in [4.78, 5) is 22.1. The summed E-state index contributed by atoms with van der Waals surface area (Å²) in [5.74, 6) is 1.04. The second kappa shape index (κ2) is 8.83. The maximum Gasteiger partial charge on any atom is 0.337 e. The SMILES string of the molecule is COC(=O)c1cccc(Nc2cc(NCCCN(C)C)ncn2)c1. The van der Waals surface area contributed by atoms with Crippen LogP contribution in [-0.2, 0) is 4.74 Å². The van der Waals surface area contributed by atoms with Crippen LogP contribution in [0.2, 0.25) is 0 Å². The van der Waals surface area contributed by atoms with Crippen molar-refractivity contribution in [3.05, 3.63) is 42.2 Å². The van der Waals surface area contributed by atoms with Gasteiger partial charge in [0.2, 0.25) is 0 Å². The van der Waals surface area contributed by atoms with Gasteiger partial charge in [0, 0.05) is 18.3 Å². The highest BCUT2D eigenvalue weighted by Gasteiger charge is 2.06. The minimum atomic E-state index is -0.371. The summed E-state index contributed by atoms with van der Waals surface area (Å²) >= 11 is 0. The van der Waals surface area contributed by atoms with E-state index in [1.165, 1.54) is 13.4 Å². The number of methoxy groups -OCH3 is 1. The van der Waals surface area contributed by atoms with Crippen LogP contribution < -0.4 is 10.6 Å². The van der Waals surface area contributed by atoms with E-state index in [1.807, 2.05) is 12.1 Å². The third-order valence-electron chi connectivity index (χ3n) is 3.31. The van der Waals surface area contributed by atoms with E-state index < -0.39 is 0 Å². The highest BCUT2D eigenvalue weighted by atomic mass is 16.5. The molecule has 0 saturated carbocycles. The zero-order valence-corrected chi connectivity index (χ0v) is 14.2. The average Bonchev–Trinajstić information content (AvgIpc) is 2.58. The Labute approximate surface area is 142 Å². The van der Waals surface area contributed by atoms with Gasteiger partial charge in [-0.15, -0.1) is 0 Å². The van der Waals surface area contributed by atoms with Crippen LogP contribution in [0.25, 0.3) is 0 Å². The molecule has 2 aromatic rings. The van der Waals surface area contributed by atoms with Gasteiger partial charge in [0.25, 0.3) is 0 Å². The quantitative estimate of drug-likeness (QED) is 0.568. The van der Waals surface area contributed by atoms with Gasteiger partial charge < -0.3 is 20.3 Å². The van der Waals surface area contributed by atoms with Crippen LogP contribution in [0.4, 0.5) is 17.3 Å². The van der Waals surface area contributed by atoms with Crippen LogP contribution >= 0.6 is 0 Å². The molecule has 0 radical (unpaired) electrons. The van der Waals surface area contributed by atoms with Crippen molar-refractivity contribution in [2.45, 2.75) is 6.42 Å². The number of hydrogen-bond acceptors (Lipinski definition) is 7. The molecule has 128 valence electrons. The summed E-state index contributed by atoms with van der Waals surface area (Å²) in [6.07, 6.45) is 2.53. The molecule has 0 aliphatic rings. The number of nitrogens with one attached hydrogen (secondary N) is 2. The number of rotatable bonds is 8. The molecular formula is C17H23N5O2. The average molecular weight is 329 g/mol. The van der Waals surface area contributed by atoms with Crippen LogP contribution in [0.15, 0.2) is 36.7 Å². The van der Waals surface area contributed by atoms with E-state index in [1.54, 1.807) is 18.2 Å². The van der Waals surface area contributed by atoms with Gasteiger partial charge >= 0.3 is 5.97 Å². The lowest BCUT2D eigenvalue weighted by atomic mass is 10.2. The first kappa shape index (κ1) is 17.7. The third kappa shape index (κ3) is 5.51. The summed E-state index contributed by atoms with van der Waals surface area (Å²) in [5.41, 5.74) is 1.24. The number of carbonyl (C=O) groups excluding carboxylic acids is 1. The van der Waals surface area contributed by atoms with Gasteiger partial charge in [-0.05, 0) is 45.3 Å². The molecule has 1 aromatic heterocycles. The van der Waals surface area contributed by atoms with E-state index in [4.69, 9.17) is 4.74 Å². The number of ether oxygens (including phenoxy) is 1. The molecule has 0 saturated heterocycles. The number of anilines is 3. The lowest BCUT2D eigenvalue weighted by Gasteiger charge is -2.11. The van der Waals surface area contributed by atoms with Crippen molar-refractivity contribution >= 4 is 23.3 Å². The lowest BCUT2D eigenvalue weighted by Crippen LogP contribution is -2.16. The molecule has 2 rings (SSSR count). The smallest absolute Gasteiger partial charge is 0.337 e. The topological polar surface area (TPSA) is 79.4 Å². The Bertz CT molecular complexity index is 676. The Morgan fingerprint density at radius 3 is 2.75 bits per heavy atom. The number of aromatic nitrogens is 2. The van der Waals surface area contributed by atoms with Crippen LogP contribution in [0.3, 0.4) is 0 Å². The number of nitrogens with zero attached hydrogens (tertiary/aromatic N) is 3. The van der Waals surface area contributed by atoms with Crippen LogP contribution in [0, 0.1) is 0 Å². The van der Waals surface area contributed by atoms with Crippen LogP contribution in [0.1, 0.15) is 16.8 Å². The highest BCUT2D eigenvalue weighted by Crippen LogP contribution is 2.18. The molecule has 0 bridgehead atoms. The molecule has 0 unspecified atom stereocenters. The van der Waals surface area contributed by atoms with E-state index in [0.717, 1.165) is 31.0 Å². The predicted molar refractivity (Wildman–Crippen MR) is 94.8 cm³/mol. The summed E-state index contributed by atoms with van der Waals surface area (Å²) in [6, 6.07) is 8.91. The summed E-state index contributed by atoms with van der Waals surface area (Å²) in [5, 5.41) is 6.44. The van der Waals surface area contributed by atoms with Gasteiger partial charge in [0.05, 0.1) is 12.7 Å². The van der Waals surface area contributed by atoms with Gasteiger partial charge in [-0.2, -0.15) is 0 Å². The molecule has 7 nitrogen and oxygen atoms in total. The molecule has 0 aliphatic carbocycles. The highest BCUT2D eigenvalue weighted by molar-refractivity contribution is 5.90. The lowest BCUT2D eigenvalue weighted by molar-refractivity contribution is 0.0601. The molecule has 7 heteroatoms. The van der Waals surface area contributed by atoms with Crippen LogP contribution in [-0.4, -0.2) is 55.1 Å². The largest absolute Gasteiger partial charge is 0.465 e. The van der Waals surface area contributed by atoms with E-state index in [9.17, 15) is 4.79 Å². The zero-order valence-electron chi connectivity index (χ0n) is 14.2. The first-order valence-corrected chi connectivity index (χ1v) is 7.74. The van der Waals surface area contributed by atoms with Crippen molar-refractivity contribution in [3.63, 3.8) is 0 Å². The van der Waals surface area contributed by atoms with Gasteiger partial charge in [0.1, 0.15) is 18.0 Å². The van der Waals surface area contributed by atoms with E-state index in [-0.39, 0.29) is 5.97 Å². The first-order valence-electron chi connectivity index (χ1n) is 7.74. The second-order valence-electron chi connectivity index (χ2n) is 5.57. The van der Waals surface area contributed by atoms with Crippen molar-refractivity contribution in [2.24, 2.45) is 0 Å². The molecule has 0 spiro atoms. The molecule has 0 amide bonds. The van der Waals surface area contributed by atoms with Gasteiger partial charge in [-0.3, -0.25) is 0 Å². The third-order valence-corrected chi connectivity index (χ3v) is 3.31. The predicted octanol–water partition coefficient (Wildman–Crippen LogP) is 2.37.